The van der Waals surface area contributed by atoms with Crippen LogP contribution in [0.15, 0.2) is 48.5 Å². The number of nitrogens with zero attached hydrogens (tertiary/aromatic N) is 1. The molecule has 0 atom stereocenters. The molecule has 0 aliphatic rings. The number of carboxylic acids is 2. The fourth-order valence-corrected chi connectivity index (χ4v) is 4.08. The molecule has 5 nitrogen and oxygen atoms in total. The zero-order valence-corrected chi connectivity index (χ0v) is 24.5. The highest BCUT2D eigenvalue weighted by Gasteiger charge is 2.24. The van der Waals surface area contributed by atoms with Gasteiger partial charge < -0.3 is 19.5 Å². The molecule has 0 heterocycles. The Morgan fingerprint density at radius 2 is 0.946 bits per heavy atom. The summed E-state index contributed by atoms with van der Waals surface area (Å²) in [5.74, 6) is -2.12. The summed E-state index contributed by atoms with van der Waals surface area (Å²) in [7, 11) is 0. The number of benzene rings is 2. The van der Waals surface area contributed by atoms with Crippen molar-refractivity contribution in [1.82, 2.24) is 0 Å². The Balaban J connectivity index is 0.000000555. The first-order valence-electron chi connectivity index (χ1n) is 13.5. The van der Waals surface area contributed by atoms with Gasteiger partial charge in [0.25, 0.3) is 0 Å². The van der Waals surface area contributed by atoms with Crippen LogP contribution in [0.1, 0.15) is 99.8 Å². The third-order valence-corrected chi connectivity index (χ3v) is 6.62. The van der Waals surface area contributed by atoms with E-state index in [4.69, 9.17) is 28.3 Å². The molecule has 2 aromatic rings. The van der Waals surface area contributed by atoms with Gasteiger partial charge in [0.15, 0.2) is 0 Å². The number of halogens is 2. The maximum absolute atomic E-state index is 10.3. The predicted octanol–water partition coefficient (Wildman–Crippen LogP) is 7.75. The fraction of sp³-hybridized carbons (Fsp3) is 0.533. The maximum Gasteiger partial charge on any atom is 0.335 e. The van der Waals surface area contributed by atoms with E-state index in [0.29, 0.717) is 10.0 Å². The molecule has 0 bridgehead atoms. The second kappa shape index (κ2) is 20.9. The van der Waals surface area contributed by atoms with Crippen LogP contribution in [0.2, 0.25) is 10.0 Å². The van der Waals surface area contributed by atoms with Crippen LogP contribution in [-0.4, -0.2) is 47.7 Å². The van der Waals surface area contributed by atoms with Gasteiger partial charge >= 0.3 is 5.97 Å². The molecule has 0 saturated heterocycles. The summed E-state index contributed by atoms with van der Waals surface area (Å²) in [6.07, 6.45) is 11.1. The van der Waals surface area contributed by atoms with Crippen LogP contribution in [-0.2, 0) is 0 Å². The summed E-state index contributed by atoms with van der Waals surface area (Å²) in [6.45, 7) is 15.0. The lowest BCUT2D eigenvalue weighted by Gasteiger charge is -2.39. The first-order valence-corrected chi connectivity index (χ1v) is 14.2. The molecule has 2 aromatic carbocycles. The Morgan fingerprint density at radius 1 is 0.649 bits per heavy atom. The number of hydrogen-bond donors (Lipinski definition) is 1. The van der Waals surface area contributed by atoms with Gasteiger partial charge in [-0.3, -0.25) is 0 Å². The molecular formula is C30H45Cl2NO4. The minimum absolute atomic E-state index is 0.143. The molecule has 0 aliphatic heterocycles. The van der Waals surface area contributed by atoms with Crippen molar-refractivity contribution >= 4 is 35.1 Å². The highest BCUT2D eigenvalue weighted by molar-refractivity contribution is 6.30. The van der Waals surface area contributed by atoms with Gasteiger partial charge in [0.2, 0.25) is 0 Å². The lowest BCUT2D eigenvalue weighted by molar-refractivity contribution is -0.929. The number of hydrogen-bond acceptors (Lipinski definition) is 3. The monoisotopic (exact) mass is 553 g/mol. The second-order valence-corrected chi connectivity index (χ2v) is 10.1. The van der Waals surface area contributed by atoms with Gasteiger partial charge in [-0.15, -0.1) is 0 Å². The van der Waals surface area contributed by atoms with Gasteiger partial charge in [0, 0.05) is 10.0 Å². The zero-order chi connectivity index (χ0) is 28.1. The number of carboxylic acid groups (broad SMARTS) is 2. The Bertz CT molecular complexity index is 777. The van der Waals surface area contributed by atoms with E-state index in [1.807, 2.05) is 0 Å². The lowest BCUT2D eigenvalue weighted by atomic mass is 10.1. The second-order valence-electron chi connectivity index (χ2n) is 9.26. The Hall–Kier alpha value is -2.08. The molecular weight excluding hydrogens is 509 g/mol. The van der Waals surface area contributed by atoms with Crippen molar-refractivity contribution in [1.29, 1.82) is 0 Å². The number of quaternary nitrogens is 1. The molecule has 0 saturated carbocycles. The Labute approximate surface area is 234 Å². The van der Waals surface area contributed by atoms with E-state index in [1.54, 1.807) is 12.1 Å². The summed E-state index contributed by atoms with van der Waals surface area (Å²) in [5.41, 5.74) is 0.397. The first kappa shape index (κ1) is 34.9. The molecule has 0 aromatic heterocycles. The molecule has 208 valence electrons. The van der Waals surface area contributed by atoms with Crippen molar-refractivity contribution < 1.29 is 24.3 Å². The van der Waals surface area contributed by atoms with Gasteiger partial charge in [-0.25, -0.2) is 4.79 Å². The summed E-state index contributed by atoms with van der Waals surface area (Å²) in [6, 6.07) is 11.8. The number of rotatable bonds is 14. The smallest absolute Gasteiger partial charge is 0.335 e. The van der Waals surface area contributed by atoms with Crippen LogP contribution in [0.5, 0.6) is 0 Å². The van der Waals surface area contributed by atoms with Crippen molar-refractivity contribution in [2.24, 2.45) is 0 Å². The molecule has 0 fully saturated rings. The average molecular weight is 555 g/mol. The molecule has 0 unspecified atom stereocenters. The quantitative estimate of drug-likeness (QED) is 0.242. The predicted molar refractivity (Wildman–Crippen MR) is 154 cm³/mol. The zero-order valence-electron chi connectivity index (χ0n) is 23.0. The van der Waals surface area contributed by atoms with Gasteiger partial charge in [-0.05, 0) is 67.6 Å². The van der Waals surface area contributed by atoms with Crippen molar-refractivity contribution in [3.8, 4) is 0 Å². The van der Waals surface area contributed by atoms with Crippen LogP contribution in [0.25, 0.3) is 0 Å². The number of unbranched alkanes of at least 4 members (excludes halogenated alkanes) is 4. The molecule has 0 spiro atoms. The van der Waals surface area contributed by atoms with Crippen LogP contribution in [0.4, 0.5) is 0 Å². The molecule has 7 heteroatoms. The lowest BCUT2D eigenvalue weighted by Crippen LogP contribution is -2.50. The topological polar surface area (TPSA) is 77.4 Å². The highest BCUT2D eigenvalue weighted by Crippen LogP contribution is 2.16. The standard InChI is InChI=1S/C16H36N.2C7H5ClO2/c1-5-9-13-17(14-10-6-2,15-11-7-3)16-12-8-4;2*8-6-3-1-5(2-4-6)7(9)10/h5-16H2,1-4H3;2*1-4H,(H,9,10)/q+1;;/p-1. The van der Waals surface area contributed by atoms with Crippen LogP contribution in [0, 0.1) is 0 Å². The number of carbonyl (C=O) groups excluding carboxylic acids is 1. The van der Waals surface area contributed by atoms with Gasteiger partial charge in [-0.1, -0.05) is 88.7 Å². The molecule has 2 rings (SSSR count). The molecule has 0 radical (unpaired) electrons. The van der Waals surface area contributed by atoms with E-state index >= 15 is 0 Å². The van der Waals surface area contributed by atoms with Crippen molar-refractivity contribution in [2.45, 2.75) is 79.1 Å². The largest absolute Gasteiger partial charge is 0.545 e. The van der Waals surface area contributed by atoms with E-state index in [2.05, 4.69) is 27.7 Å². The van der Waals surface area contributed by atoms with Gasteiger partial charge in [0.05, 0.1) is 37.7 Å². The number of carbonyl (C=O) groups is 2. The maximum atomic E-state index is 10.3. The van der Waals surface area contributed by atoms with Crippen LogP contribution in [0.3, 0.4) is 0 Å². The molecule has 0 aliphatic carbocycles. The van der Waals surface area contributed by atoms with Gasteiger partial charge in [0.1, 0.15) is 0 Å². The summed E-state index contributed by atoms with van der Waals surface area (Å²) < 4.78 is 1.42. The van der Waals surface area contributed by atoms with E-state index in [1.165, 1.54) is 118 Å². The normalized spacial score (nSPS) is 10.5. The van der Waals surface area contributed by atoms with E-state index in [0.717, 1.165) is 0 Å². The van der Waals surface area contributed by atoms with Crippen molar-refractivity contribution in [2.75, 3.05) is 26.2 Å². The Morgan fingerprint density at radius 3 is 1.19 bits per heavy atom. The minimum Gasteiger partial charge on any atom is -0.545 e. The molecule has 1 N–H and O–H groups in total. The van der Waals surface area contributed by atoms with Crippen LogP contribution < -0.4 is 5.11 Å². The minimum atomic E-state index is -1.18. The Kier molecular flexibility index (Phi) is 19.7. The third-order valence-electron chi connectivity index (χ3n) is 6.12. The SMILES string of the molecule is CCCC[N+](CCCC)(CCCC)CCCC.O=C(O)c1ccc(Cl)cc1.O=C([O-])c1ccc(Cl)cc1. The highest BCUT2D eigenvalue weighted by atomic mass is 35.5. The fourth-order valence-electron chi connectivity index (χ4n) is 3.82. The van der Waals surface area contributed by atoms with Crippen molar-refractivity contribution in [3.05, 3.63) is 69.7 Å². The number of aromatic carboxylic acids is 2. The molecule has 37 heavy (non-hydrogen) atoms. The van der Waals surface area contributed by atoms with Crippen molar-refractivity contribution in [3.63, 3.8) is 0 Å². The van der Waals surface area contributed by atoms with E-state index < -0.39 is 11.9 Å². The van der Waals surface area contributed by atoms with Gasteiger partial charge in [-0.2, -0.15) is 0 Å². The third kappa shape index (κ3) is 16.4. The summed E-state index contributed by atoms with van der Waals surface area (Å²) >= 11 is 11.0. The average Bonchev–Trinajstić information content (AvgIpc) is 2.89. The summed E-state index contributed by atoms with van der Waals surface area (Å²) in [4.78, 5) is 20.4. The first-order chi connectivity index (χ1) is 17.6. The van der Waals surface area contributed by atoms with Crippen LogP contribution >= 0.6 is 23.2 Å². The molecule has 0 amide bonds. The van der Waals surface area contributed by atoms with E-state index in [9.17, 15) is 14.7 Å². The summed E-state index contributed by atoms with van der Waals surface area (Å²) in [5, 5.41) is 19.7. The van der Waals surface area contributed by atoms with E-state index in [-0.39, 0.29) is 11.1 Å².